The van der Waals surface area contributed by atoms with Gasteiger partial charge in [0.05, 0.1) is 17.9 Å². The molecule has 0 atom stereocenters. The van der Waals surface area contributed by atoms with Gasteiger partial charge in [-0.3, -0.25) is 0 Å². The van der Waals surface area contributed by atoms with Gasteiger partial charge >= 0.3 is 0 Å². The smallest absolute Gasteiger partial charge is 0.128 e. The van der Waals surface area contributed by atoms with Crippen LogP contribution in [0.15, 0.2) is 24.4 Å². The summed E-state index contributed by atoms with van der Waals surface area (Å²) in [5.74, 6) is 2.13. The topological polar surface area (TPSA) is 60.0 Å². The van der Waals surface area contributed by atoms with E-state index in [9.17, 15) is 0 Å². The molecule has 0 saturated heterocycles. The molecule has 3 heterocycles. The highest BCUT2D eigenvalue weighted by Gasteiger charge is 2.22. The van der Waals surface area contributed by atoms with Crippen LogP contribution in [0, 0.1) is 6.92 Å². The fraction of sp³-hybridized carbons (Fsp3) is 0.429. The van der Waals surface area contributed by atoms with Gasteiger partial charge < -0.3 is 15.2 Å². The number of fused-ring (bicyclic) bond motifs is 1. The molecule has 1 aliphatic rings. The summed E-state index contributed by atoms with van der Waals surface area (Å²) < 4.78 is 2.31. The second kappa shape index (κ2) is 5.01. The van der Waals surface area contributed by atoms with E-state index in [1.54, 1.807) is 0 Å². The van der Waals surface area contributed by atoms with E-state index in [-0.39, 0.29) is 0 Å². The standard InChI is InChI=1S/C14H19N5/c1-11-17-12(5-6-15)13-10-18(8-9-19(11)13)14-4-2-3-7-16-14/h2-4,7H,5-6,8-10,15H2,1H3. The van der Waals surface area contributed by atoms with E-state index in [1.165, 1.54) is 5.69 Å². The number of hydrogen-bond acceptors (Lipinski definition) is 4. The molecule has 0 saturated carbocycles. The van der Waals surface area contributed by atoms with E-state index in [1.807, 2.05) is 18.3 Å². The fourth-order valence-electron chi connectivity index (χ4n) is 2.70. The number of rotatable bonds is 3. The average molecular weight is 257 g/mol. The Labute approximate surface area is 113 Å². The number of nitrogens with zero attached hydrogens (tertiary/aromatic N) is 4. The maximum absolute atomic E-state index is 5.67. The van der Waals surface area contributed by atoms with Gasteiger partial charge in [0.25, 0.3) is 0 Å². The summed E-state index contributed by atoms with van der Waals surface area (Å²) in [6.07, 6.45) is 2.69. The van der Waals surface area contributed by atoms with Gasteiger partial charge in [0.15, 0.2) is 0 Å². The zero-order chi connectivity index (χ0) is 13.2. The minimum atomic E-state index is 0.646. The molecular weight excluding hydrogens is 238 g/mol. The van der Waals surface area contributed by atoms with E-state index in [0.717, 1.165) is 43.4 Å². The Hall–Kier alpha value is -1.88. The van der Waals surface area contributed by atoms with Crippen LogP contribution in [0.2, 0.25) is 0 Å². The van der Waals surface area contributed by atoms with Gasteiger partial charge in [0.1, 0.15) is 11.6 Å². The number of nitrogens with two attached hydrogens (primary N) is 1. The Morgan fingerprint density at radius 3 is 2.95 bits per heavy atom. The number of aromatic nitrogens is 3. The highest BCUT2D eigenvalue weighted by molar-refractivity contribution is 5.40. The third-order valence-corrected chi connectivity index (χ3v) is 3.63. The van der Waals surface area contributed by atoms with Gasteiger partial charge in [0, 0.05) is 25.7 Å². The van der Waals surface area contributed by atoms with Crippen molar-refractivity contribution in [3.8, 4) is 0 Å². The van der Waals surface area contributed by atoms with Crippen LogP contribution in [-0.2, 0) is 19.5 Å². The molecule has 0 fully saturated rings. The van der Waals surface area contributed by atoms with Gasteiger partial charge in [-0.05, 0) is 25.6 Å². The lowest BCUT2D eigenvalue weighted by atomic mass is 10.2. The molecule has 0 unspecified atom stereocenters. The molecule has 5 nitrogen and oxygen atoms in total. The molecular formula is C14H19N5. The van der Waals surface area contributed by atoms with Crippen molar-refractivity contribution in [3.63, 3.8) is 0 Å². The first-order valence-corrected chi connectivity index (χ1v) is 6.70. The second-order valence-corrected chi connectivity index (χ2v) is 4.85. The van der Waals surface area contributed by atoms with Crippen LogP contribution in [0.25, 0.3) is 0 Å². The van der Waals surface area contributed by atoms with E-state index >= 15 is 0 Å². The molecule has 0 amide bonds. The number of anilines is 1. The quantitative estimate of drug-likeness (QED) is 0.894. The van der Waals surface area contributed by atoms with Gasteiger partial charge in [-0.25, -0.2) is 9.97 Å². The van der Waals surface area contributed by atoms with Gasteiger partial charge in [-0.15, -0.1) is 0 Å². The Morgan fingerprint density at radius 2 is 2.21 bits per heavy atom. The minimum absolute atomic E-state index is 0.646. The normalized spacial score (nSPS) is 14.5. The molecule has 5 heteroatoms. The van der Waals surface area contributed by atoms with E-state index in [0.29, 0.717) is 6.54 Å². The largest absolute Gasteiger partial charge is 0.349 e. The van der Waals surface area contributed by atoms with Crippen molar-refractivity contribution in [1.29, 1.82) is 0 Å². The molecule has 1 aliphatic heterocycles. The van der Waals surface area contributed by atoms with Gasteiger partial charge in [-0.2, -0.15) is 0 Å². The minimum Gasteiger partial charge on any atom is -0.349 e. The summed E-state index contributed by atoms with van der Waals surface area (Å²) in [5, 5.41) is 0. The average Bonchev–Trinajstić information content (AvgIpc) is 2.77. The summed E-state index contributed by atoms with van der Waals surface area (Å²) in [4.78, 5) is 11.4. The van der Waals surface area contributed by atoms with Gasteiger partial charge in [-0.1, -0.05) is 6.07 Å². The lowest BCUT2D eigenvalue weighted by Gasteiger charge is -2.30. The van der Waals surface area contributed by atoms with Crippen molar-refractivity contribution in [1.82, 2.24) is 14.5 Å². The van der Waals surface area contributed by atoms with E-state index in [4.69, 9.17) is 5.73 Å². The third-order valence-electron chi connectivity index (χ3n) is 3.63. The molecule has 0 aromatic carbocycles. The molecule has 0 radical (unpaired) electrons. The Morgan fingerprint density at radius 1 is 1.32 bits per heavy atom. The van der Waals surface area contributed by atoms with Crippen LogP contribution in [0.4, 0.5) is 5.82 Å². The first-order valence-electron chi connectivity index (χ1n) is 6.70. The molecule has 100 valence electrons. The molecule has 2 aromatic rings. The van der Waals surface area contributed by atoms with Crippen LogP contribution in [0.3, 0.4) is 0 Å². The predicted octanol–water partition coefficient (Wildman–Crippen LogP) is 1.11. The number of pyridine rings is 1. The first-order chi connectivity index (χ1) is 9.29. The molecule has 2 aromatic heterocycles. The summed E-state index contributed by atoms with van der Waals surface area (Å²) in [7, 11) is 0. The Bertz CT molecular complexity index is 561. The monoisotopic (exact) mass is 257 g/mol. The highest BCUT2D eigenvalue weighted by atomic mass is 15.3. The summed E-state index contributed by atoms with van der Waals surface area (Å²) >= 11 is 0. The van der Waals surface area contributed by atoms with Crippen LogP contribution in [-0.4, -0.2) is 27.6 Å². The molecule has 0 bridgehead atoms. The van der Waals surface area contributed by atoms with Crippen molar-refractivity contribution in [2.24, 2.45) is 5.73 Å². The third kappa shape index (κ3) is 2.21. The fourth-order valence-corrected chi connectivity index (χ4v) is 2.70. The summed E-state index contributed by atoms with van der Waals surface area (Å²) in [5.41, 5.74) is 8.10. The first kappa shape index (κ1) is 12.2. The van der Waals surface area contributed by atoms with Crippen molar-refractivity contribution < 1.29 is 0 Å². The maximum atomic E-state index is 5.67. The van der Waals surface area contributed by atoms with Crippen molar-refractivity contribution in [2.45, 2.75) is 26.4 Å². The maximum Gasteiger partial charge on any atom is 0.128 e. The molecule has 2 N–H and O–H groups in total. The number of aryl methyl sites for hydroxylation is 1. The SMILES string of the molecule is Cc1nc(CCN)c2n1CCN(c1ccccn1)C2. The lowest BCUT2D eigenvalue weighted by molar-refractivity contribution is 0.553. The zero-order valence-corrected chi connectivity index (χ0v) is 11.2. The van der Waals surface area contributed by atoms with Gasteiger partial charge in [0.2, 0.25) is 0 Å². The Kier molecular flexibility index (Phi) is 3.21. The van der Waals surface area contributed by atoms with E-state index < -0.39 is 0 Å². The highest BCUT2D eigenvalue weighted by Crippen LogP contribution is 2.22. The molecule has 19 heavy (non-hydrogen) atoms. The summed E-state index contributed by atoms with van der Waals surface area (Å²) in [6, 6.07) is 6.03. The Balaban J connectivity index is 1.90. The molecule has 0 aliphatic carbocycles. The second-order valence-electron chi connectivity index (χ2n) is 4.85. The van der Waals surface area contributed by atoms with Crippen LogP contribution in [0.5, 0.6) is 0 Å². The van der Waals surface area contributed by atoms with Crippen molar-refractivity contribution in [2.75, 3.05) is 18.0 Å². The van der Waals surface area contributed by atoms with Crippen LogP contribution >= 0.6 is 0 Å². The molecule has 0 spiro atoms. The number of hydrogen-bond donors (Lipinski definition) is 1. The summed E-state index contributed by atoms with van der Waals surface area (Å²) in [6.45, 7) is 5.53. The van der Waals surface area contributed by atoms with Crippen molar-refractivity contribution in [3.05, 3.63) is 41.6 Å². The van der Waals surface area contributed by atoms with Crippen LogP contribution < -0.4 is 10.6 Å². The number of imidazole rings is 1. The predicted molar refractivity (Wildman–Crippen MR) is 75.0 cm³/mol. The lowest BCUT2D eigenvalue weighted by Crippen LogP contribution is -2.34. The van der Waals surface area contributed by atoms with Crippen LogP contribution in [0.1, 0.15) is 17.2 Å². The molecule has 3 rings (SSSR count). The zero-order valence-electron chi connectivity index (χ0n) is 11.2. The van der Waals surface area contributed by atoms with Crippen molar-refractivity contribution >= 4 is 5.82 Å². The van der Waals surface area contributed by atoms with E-state index in [2.05, 4.69) is 32.4 Å².